The summed E-state index contributed by atoms with van der Waals surface area (Å²) in [6.45, 7) is 2.00. The van der Waals surface area contributed by atoms with Gasteiger partial charge in [-0.3, -0.25) is 0 Å². The van der Waals surface area contributed by atoms with E-state index in [1.54, 1.807) is 11.9 Å². The van der Waals surface area contributed by atoms with Crippen molar-refractivity contribution in [2.45, 2.75) is 12.1 Å². The lowest BCUT2D eigenvalue weighted by atomic mass is 10.1. The molecule has 2 amide bonds. The molecule has 19 heavy (non-hydrogen) atoms. The van der Waals surface area contributed by atoms with Gasteiger partial charge in [0.15, 0.2) is 0 Å². The van der Waals surface area contributed by atoms with Gasteiger partial charge < -0.3 is 15.1 Å². The minimum Gasteiger partial charge on any atom is -0.319 e. The van der Waals surface area contributed by atoms with Crippen molar-refractivity contribution >= 4 is 6.03 Å². The lowest BCUT2D eigenvalue weighted by Gasteiger charge is -2.34. The number of urea groups is 1. The van der Waals surface area contributed by atoms with Crippen LogP contribution in [0.3, 0.4) is 0 Å². The molecule has 0 radical (unpaired) electrons. The number of rotatable bonds is 2. The standard InChI is InChI=1S/C13H15F2N3O/c1-17-12(10-3-2-8(14)4-11(10)15)7-18(13(17)19)9-5-16-6-9/h2-4,9,12,16H,5-7H2,1H3. The maximum absolute atomic E-state index is 13.8. The molecule has 0 aliphatic carbocycles. The summed E-state index contributed by atoms with van der Waals surface area (Å²) < 4.78 is 26.8. The quantitative estimate of drug-likeness (QED) is 0.878. The average Bonchev–Trinajstić information content (AvgIpc) is 2.56. The minimum atomic E-state index is -0.603. The fraction of sp³-hybridized carbons (Fsp3) is 0.462. The Bertz CT molecular complexity index is 519. The number of nitrogens with zero attached hydrogens (tertiary/aromatic N) is 2. The highest BCUT2D eigenvalue weighted by molar-refractivity contribution is 5.77. The number of benzene rings is 1. The smallest absolute Gasteiger partial charge is 0.319 e. The van der Waals surface area contributed by atoms with Crippen molar-refractivity contribution in [3.63, 3.8) is 0 Å². The van der Waals surface area contributed by atoms with Gasteiger partial charge >= 0.3 is 6.03 Å². The summed E-state index contributed by atoms with van der Waals surface area (Å²) in [4.78, 5) is 15.4. The first-order valence-corrected chi connectivity index (χ1v) is 6.27. The molecule has 6 heteroatoms. The number of halogens is 2. The SMILES string of the molecule is CN1C(=O)N(C2CNC2)CC1c1ccc(F)cc1F. The second-order valence-corrected chi connectivity index (χ2v) is 5.04. The van der Waals surface area contributed by atoms with Crippen LogP contribution in [0.4, 0.5) is 13.6 Å². The molecule has 2 saturated heterocycles. The zero-order valence-electron chi connectivity index (χ0n) is 10.6. The van der Waals surface area contributed by atoms with E-state index in [1.165, 1.54) is 17.0 Å². The van der Waals surface area contributed by atoms with E-state index in [9.17, 15) is 13.6 Å². The van der Waals surface area contributed by atoms with Crippen LogP contribution in [0.25, 0.3) is 0 Å². The van der Waals surface area contributed by atoms with Crippen LogP contribution >= 0.6 is 0 Å². The van der Waals surface area contributed by atoms with Crippen molar-refractivity contribution in [3.05, 3.63) is 35.4 Å². The van der Waals surface area contributed by atoms with Gasteiger partial charge in [-0.15, -0.1) is 0 Å². The summed E-state index contributed by atoms with van der Waals surface area (Å²) in [5, 5.41) is 3.11. The Morgan fingerprint density at radius 2 is 2.05 bits per heavy atom. The Labute approximate surface area is 110 Å². The molecule has 4 nitrogen and oxygen atoms in total. The molecule has 0 bridgehead atoms. The molecular weight excluding hydrogens is 252 g/mol. The molecule has 2 fully saturated rings. The van der Waals surface area contributed by atoms with E-state index < -0.39 is 11.6 Å². The van der Waals surface area contributed by atoms with Gasteiger partial charge in [-0.2, -0.15) is 0 Å². The van der Waals surface area contributed by atoms with Gasteiger partial charge in [0, 0.05) is 38.3 Å². The van der Waals surface area contributed by atoms with Crippen molar-refractivity contribution in [2.75, 3.05) is 26.7 Å². The Balaban J connectivity index is 1.86. The highest BCUT2D eigenvalue weighted by atomic mass is 19.1. The highest BCUT2D eigenvalue weighted by Crippen LogP contribution is 2.31. The zero-order valence-corrected chi connectivity index (χ0v) is 10.6. The molecular formula is C13H15F2N3O. The molecule has 2 aliphatic heterocycles. The third-order valence-corrected chi connectivity index (χ3v) is 3.91. The second-order valence-electron chi connectivity index (χ2n) is 5.04. The first-order valence-electron chi connectivity index (χ1n) is 6.27. The fourth-order valence-electron chi connectivity index (χ4n) is 2.60. The molecule has 2 heterocycles. The van der Waals surface area contributed by atoms with Crippen molar-refractivity contribution in [1.29, 1.82) is 0 Å². The predicted octanol–water partition coefficient (Wildman–Crippen LogP) is 1.35. The normalized spacial score (nSPS) is 23.9. The first kappa shape index (κ1) is 12.3. The Morgan fingerprint density at radius 1 is 1.32 bits per heavy atom. The van der Waals surface area contributed by atoms with E-state index in [0.29, 0.717) is 12.1 Å². The molecule has 0 aromatic heterocycles. The van der Waals surface area contributed by atoms with E-state index in [0.717, 1.165) is 19.2 Å². The summed E-state index contributed by atoms with van der Waals surface area (Å²) >= 11 is 0. The van der Waals surface area contributed by atoms with Crippen LogP contribution in [0.2, 0.25) is 0 Å². The summed E-state index contributed by atoms with van der Waals surface area (Å²) in [7, 11) is 1.65. The molecule has 2 aliphatic rings. The number of hydrogen-bond acceptors (Lipinski definition) is 2. The fourth-order valence-corrected chi connectivity index (χ4v) is 2.60. The van der Waals surface area contributed by atoms with Gasteiger partial charge in [-0.25, -0.2) is 13.6 Å². The van der Waals surface area contributed by atoms with Crippen LogP contribution in [0, 0.1) is 11.6 Å². The third-order valence-electron chi connectivity index (χ3n) is 3.91. The van der Waals surface area contributed by atoms with Crippen LogP contribution in [0.5, 0.6) is 0 Å². The van der Waals surface area contributed by atoms with Crippen LogP contribution < -0.4 is 5.32 Å². The number of carbonyl (C=O) groups is 1. The predicted molar refractivity (Wildman–Crippen MR) is 65.6 cm³/mol. The first-order chi connectivity index (χ1) is 9.08. The van der Waals surface area contributed by atoms with Crippen molar-refractivity contribution in [3.8, 4) is 0 Å². The van der Waals surface area contributed by atoms with Gasteiger partial charge in [0.05, 0.1) is 12.1 Å². The molecule has 1 aromatic carbocycles. The molecule has 102 valence electrons. The Morgan fingerprint density at radius 3 is 2.63 bits per heavy atom. The molecule has 0 saturated carbocycles. The van der Waals surface area contributed by atoms with Crippen LogP contribution in [0.1, 0.15) is 11.6 Å². The number of hydrogen-bond donors (Lipinski definition) is 1. The van der Waals surface area contributed by atoms with Crippen molar-refractivity contribution in [1.82, 2.24) is 15.1 Å². The lowest BCUT2D eigenvalue weighted by molar-refractivity contribution is 0.162. The van der Waals surface area contributed by atoms with E-state index >= 15 is 0 Å². The molecule has 1 unspecified atom stereocenters. The van der Waals surface area contributed by atoms with Gasteiger partial charge in [0.2, 0.25) is 0 Å². The highest BCUT2D eigenvalue weighted by Gasteiger charge is 2.41. The maximum atomic E-state index is 13.8. The minimum absolute atomic E-state index is 0.0970. The summed E-state index contributed by atoms with van der Waals surface area (Å²) in [5.74, 6) is -1.20. The van der Waals surface area contributed by atoms with Crippen molar-refractivity contribution in [2.24, 2.45) is 0 Å². The number of nitrogens with one attached hydrogen (secondary N) is 1. The van der Waals surface area contributed by atoms with E-state index in [1.807, 2.05) is 0 Å². The van der Waals surface area contributed by atoms with Gasteiger partial charge in [-0.05, 0) is 6.07 Å². The van der Waals surface area contributed by atoms with Gasteiger partial charge in [0.1, 0.15) is 11.6 Å². The molecule has 1 N–H and O–H groups in total. The lowest BCUT2D eigenvalue weighted by Crippen LogP contribution is -2.57. The van der Waals surface area contributed by atoms with E-state index in [2.05, 4.69) is 5.32 Å². The Hall–Kier alpha value is -1.69. The molecule has 1 atom stereocenters. The second kappa shape index (κ2) is 4.45. The van der Waals surface area contributed by atoms with Gasteiger partial charge in [0.25, 0.3) is 0 Å². The summed E-state index contributed by atoms with van der Waals surface area (Å²) in [5.41, 5.74) is 0.368. The van der Waals surface area contributed by atoms with Crippen LogP contribution in [0.15, 0.2) is 18.2 Å². The zero-order chi connectivity index (χ0) is 13.6. The number of amides is 2. The molecule has 3 rings (SSSR count). The summed E-state index contributed by atoms with van der Waals surface area (Å²) in [6.07, 6.45) is 0. The third kappa shape index (κ3) is 1.96. The topological polar surface area (TPSA) is 35.6 Å². The number of likely N-dealkylation sites (N-methyl/N-ethyl adjacent to an activating group) is 1. The number of carbonyl (C=O) groups excluding carboxylic acids is 1. The Kier molecular flexibility index (Phi) is 2.89. The van der Waals surface area contributed by atoms with Gasteiger partial charge in [-0.1, -0.05) is 6.07 Å². The van der Waals surface area contributed by atoms with Crippen molar-refractivity contribution < 1.29 is 13.6 Å². The van der Waals surface area contributed by atoms with Crippen LogP contribution in [-0.4, -0.2) is 48.6 Å². The maximum Gasteiger partial charge on any atom is 0.320 e. The monoisotopic (exact) mass is 267 g/mol. The van der Waals surface area contributed by atoms with E-state index in [4.69, 9.17) is 0 Å². The average molecular weight is 267 g/mol. The summed E-state index contributed by atoms with van der Waals surface area (Å²) in [6, 6.07) is 3.24. The van der Waals surface area contributed by atoms with Crippen LogP contribution in [-0.2, 0) is 0 Å². The molecule has 1 aromatic rings. The van der Waals surface area contributed by atoms with E-state index in [-0.39, 0.29) is 18.1 Å². The molecule has 0 spiro atoms. The largest absolute Gasteiger partial charge is 0.320 e.